The van der Waals surface area contributed by atoms with Gasteiger partial charge in [-0.3, -0.25) is 9.78 Å². The fraction of sp³-hybridized carbons (Fsp3) is 0.200. The van der Waals surface area contributed by atoms with Crippen molar-refractivity contribution in [3.8, 4) is 0 Å². The Morgan fingerprint density at radius 1 is 1.25 bits per heavy atom. The third-order valence-electron chi connectivity index (χ3n) is 3.06. The van der Waals surface area contributed by atoms with Crippen LogP contribution in [-0.2, 0) is 6.54 Å². The molecule has 0 unspecified atom stereocenters. The van der Waals surface area contributed by atoms with Gasteiger partial charge in [-0.05, 0) is 31.2 Å². The molecule has 1 aromatic carbocycles. The van der Waals surface area contributed by atoms with E-state index in [2.05, 4.69) is 4.98 Å². The van der Waals surface area contributed by atoms with E-state index in [1.807, 2.05) is 37.1 Å². The highest BCUT2D eigenvalue weighted by molar-refractivity contribution is 6.01. The van der Waals surface area contributed by atoms with Crippen molar-refractivity contribution >= 4 is 17.3 Å². The second kappa shape index (κ2) is 5.61. The monoisotopic (exact) mass is 270 g/mol. The van der Waals surface area contributed by atoms with Crippen LogP contribution in [0.4, 0.5) is 11.4 Å². The highest BCUT2D eigenvalue weighted by Crippen LogP contribution is 2.27. The lowest BCUT2D eigenvalue weighted by Crippen LogP contribution is -2.23. The number of carbonyl (C=O) groups is 1. The van der Waals surface area contributed by atoms with E-state index >= 15 is 0 Å². The minimum absolute atomic E-state index is 0.417. The van der Waals surface area contributed by atoms with Crippen LogP contribution in [0.1, 0.15) is 21.7 Å². The third-order valence-corrected chi connectivity index (χ3v) is 3.06. The molecular formula is C15H18N4O. The Bertz CT molecular complexity index is 640. The molecule has 0 fully saturated rings. The van der Waals surface area contributed by atoms with Gasteiger partial charge in [0.05, 0.1) is 29.2 Å². The summed E-state index contributed by atoms with van der Waals surface area (Å²) in [6, 6.07) is 11.0. The van der Waals surface area contributed by atoms with Gasteiger partial charge in [-0.15, -0.1) is 0 Å². The molecule has 0 radical (unpaired) electrons. The topological polar surface area (TPSA) is 85.2 Å². The number of benzene rings is 1. The number of primary amides is 1. The molecule has 0 bridgehead atoms. The van der Waals surface area contributed by atoms with E-state index in [1.165, 1.54) is 0 Å². The van der Waals surface area contributed by atoms with E-state index in [9.17, 15) is 4.79 Å². The van der Waals surface area contributed by atoms with Gasteiger partial charge in [0.1, 0.15) is 0 Å². The van der Waals surface area contributed by atoms with Crippen molar-refractivity contribution in [3.05, 3.63) is 53.3 Å². The molecule has 0 saturated heterocycles. The maximum Gasteiger partial charge on any atom is 0.250 e. The fourth-order valence-electron chi connectivity index (χ4n) is 2.20. The molecule has 5 heteroatoms. The van der Waals surface area contributed by atoms with Crippen LogP contribution in [0.5, 0.6) is 0 Å². The average molecular weight is 270 g/mol. The summed E-state index contributed by atoms with van der Waals surface area (Å²) in [5.74, 6) is -0.489. The van der Waals surface area contributed by atoms with Gasteiger partial charge in [-0.2, -0.15) is 0 Å². The molecule has 4 N–H and O–H groups in total. The Morgan fingerprint density at radius 2 is 1.95 bits per heavy atom. The van der Waals surface area contributed by atoms with Crippen LogP contribution >= 0.6 is 0 Å². The van der Waals surface area contributed by atoms with Gasteiger partial charge in [-0.1, -0.05) is 12.1 Å². The Kier molecular flexibility index (Phi) is 3.89. The quantitative estimate of drug-likeness (QED) is 0.828. The minimum atomic E-state index is -0.489. The van der Waals surface area contributed by atoms with Crippen LogP contribution < -0.4 is 16.4 Å². The summed E-state index contributed by atoms with van der Waals surface area (Å²) in [6.07, 6.45) is 0. The first-order valence-corrected chi connectivity index (χ1v) is 6.31. The molecule has 2 rings (SSSR count). The van der Waals surface area contributed by atoms with Crippen molar-refractivity contribution in [1.82, 2.24) is 4.98 Å². The van der Waals surface area contributed by atoms with E-state index in [0.29, 0.717) is 23.5 Å². The number of hydrogen-bond donors (Lipinski definition) is 2. The molecule has 0 saturated carbocycles. The van der Waals surface area contributed by atoms with E-state index in [1.54, 1.807) is 18.2 Å². The molecule has 0 aliphatic heterocycles. The smallest absolute Gasteiger partial charge is 0.250 e. The fourth-order valence-corrected chi connectivity index (χ4v) is 2.20. The van der Waals surface area contributed by atoms with Crippen LogP contribution in [0.2, 0.25) is 0 Å². The summed E-state index contributed by atoms with van der Waals surface area (Å²) in [6.45, 7) is 2.49. The molecular weight excluding hydrogens is 252 g/mol. The lowest BCUT2D eigenvalue weighted by molar-refractivity contribution is 0.100. The molecule has 0 atom stereocenters. The van der Waals surface area contributed by atoms with Crippen LogP contribution in [0.25, 0.3) is 0 Å². The number of para-hydroxylation sites is 1. The molecule has 1 amide bonds. The Labute approximate surface area is 118 Å². The maximum atomic E-state index is 11.5. The summed E-state index contributed by atoms with van der Waals surface area (Å²) < 4.78 is 0. The maximum absolute atomic E-state index is 11.5. The van der Waals surface area contributed by atoms with Crippen LogP contribution in [0.3, 0.4) is 0 Å². The van der Waals surface area contributed by atoms with Crippen molar-refractivity contribution in [2.24, 2.45) is 5.73 Å². The predicted molar refractivity (Wildman–Crippen MR) is 80.5 cm³/mol. The second-order valence-electron chi connectivity index (χ2n) is 4.73. The Morgan fingerprint density at radius 3 is 2.60 bits per heavy atom. The first-order chi connectivity index (χ1) is 9.49. The van der Waals surface area contributed by atoms with Crippen molar-refractivity contribution in [3.63, 3.8) is 0 Å². The molecule has 0 aliphatic rings. The summed E-state index contributed by atoms with van der Waals surface area (Å²) in [4.78, 5) is 17.8. The summed E-state index contributed by atoms with van der Waals surface area (Å²) in [5.41, 5.74) is 14.8. The number of nitrogen functional groups attached to an aromatic ring is 1. The number of rotatable bonds is 4. The zero-order valence-corrected chi connectivity index (χ0v) is 11.6. The molecule has 2 aromatic rings. The van der Waals surface area contributed by atoms with Gasteiger partial charge in [0.15, 0.2) is 0 Å². The number of nitrogens with zero attached hydrogens (tertiary/aromatic N) is 2. The number of hydrogen-bond acceptors (Lipinski definition) is 4. The average Bonchev–Trinajstić information content (AvgIpc) is 2.38. The standard InChI is InChI=1S/C15H18N4O/c1-10-5-3-6-11(18-10)9-19(2)14-12(15(17)20)7-4-8-13(14)16/h3-8H,9,16H2,1-2H3,(H2,17,20). The van der Waals surface area contributed by atoms with Gasteiger partial charge in [-0.25, -0.2) is 0 Å². The van der Waals surface area contributed by atoms with Crippen LogP contribution in [0.15, 0.2) is 36.4 Å². The Balaban J connectivity index is 2.34. The largest absolute Gasteiger partial charge is 0.397 e. The number of aryl methyl sites for hydroxylation is 1. The number of pyridine rings is 1. The van der Waals surface area contributed by atoms with E-state index < -0.39 is 5.91 Å². The molecule has 20 heavy (non-hydrogen) atoms. The van der Waals surface area contributed by atoms with Crippen molar-refractivity contribution < 1.29 is 4.79 Å². The molecule has 0 aliphatic carbocycles. The highest BCUT2D eigenvalue weighted by Gasteiger charge is 2.15. The van der Waals surface area contributed by atoms with Crippen molar-refractivity contribution in [2.45, 2.75) is 13.5 Å². The zero-order chi connectivity index (χ0) is 14.7. The van der Waals surface area contributed by atoms with Gasteiger partial charge < -0.3 is 16.4 Å². The minimum Gasteiger partial charge on any atom is -0.397 e. The van der Waals surface area contributed by atoms with E-state index in [4.69, 9.17) is 11.5 Å². The van der Waals surface area contributed by atoms with Gasteiger partial charge >= 0.3 is 0 Å². The normalized spacial score (nSPS) is 10.3. The predicted octanol–water partition coefficient (Wildman–Crippen LogP) is 1.71. The first kappa shape index (κ1) is 13.9. The lowest BCUT2D eigenvalue weighted by Gasteiger charge is -2.23. The number of aromatic nitrogens is 1. The number of anilines is 2. The van der Waals surface area contributed by atoms with Crippen LogP contribution in [-0.4, -0.2) is 17.9 Å². The van der Waals surface area contributed by atoms with Gasteiger partial charge in [0, 0.05) is 12.7 Å². The second-order valence-corrected chi connectivity index (χ2v) is 4.73. The van der Waals surface area contributed by atoms with Crippen molar-refractivity contribution in [2.75, 3.05) is 17.7 Å². The van der Waals surface area contributed by atoms with Gasteiger partial charge in [0.25, 0.3) is 5.91 Å². The number of carbonyl (C=O) groups excluding carboxylic acids is 1. The van der Waals surface area contributed by atoms with Crippen molar-refractivity contribution in [1.29, 1.82) is 0 Å². The van der Waals surface area contributed by atoms with E-state index in [0.717, 1.165) is 11.4 Å². The molecule has 0 spiro atoms. The Hall–Kier alpha value is -2.56. The lowest BCUT2D eigenvalue weighted by atomic mass is 10.1. The summed E-state index contributed by atoms with van der Waals surface area (Å²) in [7, 11) is 1.86. The third kappa shape index (κ3) is 2.88. The SMILES string of the molecule is Cc1cccc(CN(C)c2c(N)cccc2C(N)=O)n1. The zero-order valence-electron chi connectivity index (χ0n) is 11.6. The van der Waals surface area contributed by atoms with E-state index in [-0.39, 0.29) is 0 Å². The number of amides is 1. The van der Waals surface area contributed by atoms with Gasteiger partial charge in [0.2, 0.25) is 0 Å². The molecule has 104 valence electrons. The summed E-state index contributed by atoms with van der Waals surface area (Å²) >= 11 is 0. The first-order valence-electron chi connectivity index (χ1n) is 6.31. The van der Waals surface area contributed by atoms with Crippen LogP contribution in [0, 0.1) is 6.92 Å². The highest BCUT2D eigenvalue weighted by atomic mass is 16.1. The molecule has 1 heterocycles. The molecule has 1 aromatic heterocycles. The number of nitrogens with two attached hydrogens (primary N) is 2. The summed E-state index contributed by atoms with van der Waals surface area (Å²) in [5, 5.41) is 0. The molecule has 5 nitrogen and oxygen atoms in total.